The quantitative estimate of drug-likeness (QED) is 0.0959. The molecular weight excluding hydrogens is 742 g/mol. The van der Waals surface area contributed by atoms with Crippen LogP contribution in [-0.4, -0.2) is 97.7 Å². The van der Waals surface area contributed by atoms with E-state index in [1.807, 2.05) is 4.98 Å². The number of aromatic amines is 1. The molecule has 0 radical (unpaired) electrons. The van der Waals surface area contributed by atoms with Crippen LogP contribution in [0, 0.1) is 11.6 Å². The molecule has 1 aromatic heterocycles. The van der Waals surface area contributed by atoms with Gasteiger partial charge in [0.15, 0.2) is 0 Å². The van der Waals surface area contributed by atoms with Gasteiger partial charge in [-0.05, 0) is 55.7 Å². The van der Waals surface area contributed by atoms with Gasteiger partial charge in [-0.25, -0.2) is 23.2 Å². The molecule has 5 amide bonds. The van der Waals surface area contributed by atoms with Crippen LogP contribution in [0.5, 0.6) is 0 Å². The minimum absolute atomic E-state index is 0.00570. The van der Waals surface area contributed by atoms with Gasteiger partial charge < -0.3 is 46.9 Å². The lowest BCUT2D eigenvalue weighted by molar-refractivity contribution is -0.139. The Labute approximate surface area is 317 Å². The maximum atomic E-state index is 13.8. The molecule has 9 N–H and O–H groups in total. The average Bonchev–Trinajstić information content (AvgIpc) is 3.50. The van der Waals surface area contributed by atoms with E-state index in [9.17, 15) is 52.6 Å². The first-order valence-corrected chi connectivity index (χ1v) is 17.2. The van der Waals surface area contributed by atoms with Crippen molar-refractivity contribution in [3.63, 3.8) is 0 Å². The van der Waals surface area contributed by atoms with Crippen molar-refractivity contribution >= 4 is 29.7 Å². The number of carbonyl (C=O) groups excluding carboxylic acids is 4. The van der Waals surface area contributed by atoms with Gasteiger partial charge in [-0.3, -0.25) is 28.7 Å². The van der Waals surface area contributed by atoms with Crippen LogP contribution in [0.2, 0.25) is 0 Å². The van der Waals surface area contributed by atoms with Crippen LogP contribution in [0.1, 0.15) is 37.6 Å². The van der Waals surface area contributed by atoms with E-state index in [2.05, 4.69) is 21.3 Å². The van der Waals surface area contributed by atoms with Gasteiger partial charge in [0.2, 0.25) is 23.9 Å². The summed E-state index contributed by atoms with van der Waals surface area (Å²) in [4.78, 5) is 92.0. The van der Waals surface area contributed by atoms with Gasteiger partial charge in [-0.1, -0.05) is 24.3 Å². The molecule has 20 heteroatoms. The van der Waals surface area contributed by atoms with Gasteiger partial charge >= 0.3 is 17.7 Å². The number of aromatic nitrogens is 2. The lowest BCUT2D eigenvalue weighted by atomic mass is 10.0. The van der Waals surface area contributed by atoms with E-state index in [4.69, 9.17) is 10.5 Å². The molecule has 4 rings (SSSR count). The van der Waals surface area contributed by atoms with Gasteiger partial charge in [0.1, 0.15) is 41.6 Å². The molecule has 1 aliphatic rings. The fraction of sp³-hybridized carbons (Fsp3) is 0.361. The summed E-state index contributed by atoms with van der Waals surface area (Å²) >= 11 is 0. The number of amides is 5. The predicted octanol–water partition coefficient (Wildman–Crippen LogP) is -0.662. The molecule has 1 fully saturated rings. The molecule has 1 aliphatic heterocycles. The third kappa shape index (κ3) is 11.3. The van der Waals surface area contributed by atoms with E-state index in [-0.39, 0.29) is 30.6 Å². The van der Waals surface area contributed by atoms with Gasteiger partial charge in [-0.2, -0.15) is 0 Å². The largest absolute Gasteiger partial charge is 0.480 e. The van der Waals surface area contributed by atoms with Crippen LogP contribution in [0.4, 0.5) is 13.6 Å². The van der Waals surface area contributed by atoms with Crippen LogP contribution in [-0.2, 0) is 36.8 Å². The Balaban J connectivity index is 1.49. The first kappa shape index (κ1) is 42.3. The predicted molar refractivity (Wildman–Crippen MR) is 193 cm³/mol. The number of H-pyrrole nitrogens is 1. The Hall–Kier alpha value is -6.41. The highest BCUT2D eigenvalue weighted by molar-refractivity contribution is 5.93. The van der Waals surface area contributed by atoms with Crippen molar-refractivity contribution in [1.29, 1.82) is 0 Å². The Morgan fingerprint density at radius 1 is 0.982 bits per heavy atom. The number of urea groups is 1. The highest BCUT2D eigenvalue weighted by Gasteiger charge is 2.36. The number of benzene rings is 2. The lowest BCUT2D eigenvalue weighted by Crippen LogP contribution is -2.61. The number of aliphatic hydroxyl groups excluding tert-OH is 1. The minimum Gasteiger partial charge on any atom is -0.480 e. The fourth-order valence-corrected chi connectivity index (χ4v) is 5.73. The van der Waals surface area contributed by atoms with Crippen LogP contribution in [0.15, 0.2) is 82.3 Å². The number of aliphatic hydroxyl groups is 1. The number of ether oxygens (including phenoxy) is 1. The zero-order chi connectivity index (χ0) is 41.3. The third-order valence-electron chi connectivity index (χ3n) is 8.87. The van der Waals surface area contributed by atoms with Crippen molar-refractivity contribution in [2.24, 2.45) is 5.73 Å². The van der Waals surface area contributed by atoms with E-state index in [0.717, 1.165) is 34.0 Å². The number of carboxylic acid groups (broad SMARTS) is 1. The van der Waals surface area contributed by atoms with Crippen molar-refractivity contribution in [2.45, 2.75) is 75.7 Å². The zero-order valence-electron chi connectivity index (χ0n) is 30.4. The highest BCUT2D eigenvalue weighted by Crippen LogP contribution is 2.29. The summed E-state index contributed by atoms with van der Waals surface area (Å²) in [6, 6.07) is 3.81. The number of nitrogens with zero attached hydrogens (tertiary/aromatic N) is 2. The number of hydrogen-bond donors (Lipinski definition) is 8. The molecule has 2 heterocycles. The number of carbonyl (C=O) groups is 5. The molecule has 0 bridgehead atoms. The van der Waals surface area contributed by atoms with E-state index in [1.165, 1.54) is 57.3 Å². The molecule has 7 atom stereocenters. The number of aliphatic carboxylic acids is 1. The topological polar surface area (TPSA) is 267 Å². The Kier molecular flexibility index (Phi) is 14.2. The maximum absolute atomic E-state index is 13.8. The molecule has 300 valence electrons. The molecule has 2 aromatic carbocycles. The summed E-state index contributed by atoms with van der Waals surface area (Å²) in [6.45, 7) is 2.67. The third-order valence-corrected chi connectivity index (χ3v) is 8.87. The zero-order valence-corrected chi connectivity index (χ0v) is 30.4. The summed E-state index contributed by atoms with van der Waals surface area (Å²) in [5, 5.41) is 29.6. The second-order valence-electron chi connectivity index (χ2n) is 13.1. The normalized spacial score (nSPS) is 18.4. The molecule has 0 spiro atoms. The van der Waals surface area contributed by atoms with Crippen molar-refractivity contribution in [3.8, 4) is 0 Å². The Morgan fingerprint density at radius 2 is 1.61 bits per heavy atom. The van der Waals surface area contributed by atoms with Gasteiger partial charge in [0.05, 0.1) is 12.1 Å². The standard InChI is InChI=1S/C36H42F2N8O10/c1-18(41-35(54)42-26(34(52)53)15-21-7-5-9-23(38)13-21)30(49)44-29(19(2)45(3)32(51)25(39)14-20-6-4-8-22(37)12-20)31(50)40-17-24-16-27(47)33(56-24)46-11-10-28(48)43-36(46)55/h4-13,17-19,25-27,29,33,47H,14-16,39H2,1-3H3,(H,40,50)(H,44,49)(H,52,53)(H2,41,42,54)(H,43,48,55)/b24-17-/t18-,19-,25-,26-,27+,29-,33+/m0/s1. The van der Waals surface area contributed by atoms with Crippen LogP contribution >= 0.6 is 0 Å². The van der Waals surface area contributed by atoms with E-state index < -0.39 is 95.1 Å². The lowest BCUT2D eigenvalue weighted by Gasteiger charge is -2.33. The monoisotopic (exact) mass is 784 g/mol. The van der Waals surface area contributed by atoms with Gasteiger partial charge in [0, 0.05) is 38.4 Å². The van der Waals surface area contributed by atoms with Crippen molar-refractivity contribution in [3.05, 3.63) is 116 Å². The number of carboxylic acids is 1. The molecule has 0 aliphatic carbocycles. The Morgan fingerprint density at radius 3 is 2.20 bits per heavy atom. The molecule has 0 unspecified atom stereocenters. The number of hydrogen-bond acceptors (Lipinski definition) is 10. The Bertz CT molecular complexity index is 2090. The summed E-state index contributed by atoms with van der Waals surface area (Å²) in [5.41, 5.74) is 5.36. The fourth-order valence-electron chi connectivity index (χ4n) is 5.73. The summed E-state index contributed by atoms with van der Waals surface area (Å²) in [6.07, 6.45) is -0.845. The van der Waals surface area contributed by atoms with E-state index in [1.54, 1.807) is 6.07 Å². The van der Waals surface area contributed by atoms with Crippen LogP contribution in [0.3, 0.4) is 0 Å². The summed E-state index contributed by atoms with van der Waals surface area (Å²) in [5.74, 6) is -5.08. The minimum atomic E-state index is -1.55. The molecular formula is C36H42F2N8O10. The first-order valence-electron chi connectivity index (χ1n) is 17.2. The molecule has 18 nitrogen and oxygen atoms in total. The average molecular weight is 785 g/mol. The van der Waals surface area contributed by atoms with Crippen molar-refractivity contribution < 1.29 is 47.7 Å². The summed E-state index contributed by atoms with van der Waals surface area (Å²) < 4.78 is 34.0. The first-order chi connectivity index (χ1) is 26.4. The smallest absolute Gasteiger partial charge is 0.331 e. The van der Waals surface area contributed by atoms with Crippen LogP contribution < -0.4 is 38.2 Å². The number of likely N-dealkylation sites (N-methyl/N-ethyl adjacent to an activating group) is 1. The summed E-state index contributed by atoms with van der Waals surface area (Å²) in [7, 11) is 1.33. The SMILES string of the molecule is C[C@H](NC(=O)N[C@@H](Cc1cccc(F)c1)C(=O)O)C(=O)N[C@H](C(=O)N/C=C1/C[C@@H](O)[C@H](n2ccc(=O)[nH]c2=O)O1)[C@H](C)N(C)C(=O)[C@@H](N)Cc1cccc(F)c1. The molecule has 3 aromatic rings. The number of nitrogens with one attached hydrogen (secondary N) is 5. The maximum Gasteiger partial charge on any atom is 0.331 e. The van der Waals surface area contributed by atoms with E-state index in [0.29, 0.717) is 5.56 Å². The number of rotatable bonds is 15. The van der Waals surface area contributed by atoms with E-state index >= 15 is 0 Å². The molecule has 1 saturated heterocycles. The van der Waals surface area contributed by atoms with Gasteiger partial charge in [0.25, 0.3) is 5.56 Å². The molecule has 0 saturated carbocycles. The van der Waals surface area contributed by atoms with Crippen LogP contribution in [0.25, 0.3) is 0 Å². The highest BCUT2D eigenvalue weighted by atomic mass is 19.1. The van der Waals surface area contributed by atoms with Gasteiger partial charge in [-0.15, -0.1) is 0 Å². The molecule has 56 heavy (non-hydrogen) atoms. The van der Waals surface area contributed by atoms with Crippen molar-refractivity contribution in [1.82, 2.24) is 35.7 Å². The second kappa shape index (κ2) is 18.8. The second-order valence-corrected chi connectivity index (χ2v) is 13.1. The van der Waals surface area contributed by atoms with Crippen molar-refractivity contribution in [2.75, 3.05) is 7.05 Å². The number of halogens is 2. The number of nitrogens with two attached hydrogens (primary N) is 1.